The van der Waals surface area contributed by atoms with Crippen LogP contribution in [0.5, 0.6) is 0 Å². The van der Waals surface area contributed by atoms with Crippen molar-refractivity contribution in [3.8, 4) is 0 Å². The van der Waals surface area contributed by atoms with E-state index in [1.807, 2.05) is 10.9 Å². The molecule has 1 saturated carbocycles. The molecule has 1 fully saturated rings. The summed E-state index contributed by atoms with van der Waals surface area (Å²) < 4.78 is 2.00. The number of aryl methyl sites for hydroxylation is 1. The topological polar surface area (TPSA) is 43.8 Å². The standard InChI is InChI=1S/C13H23N3/c1-2-16-10-11(9-15-16)8-12-6-4-3-5-7-13(12)14/h9-10,12-13H,2-8,14H2,1H3. The summed E-state index contributed by atoms with van der Waals surface area (Å²) in [7, 11) is 0. The molecule has 1 aromatic rings. The van der Waals surface area contributed by atoms with Crippen molar-refractivity contribution in [2.75, 3.05) is 0 Å². The second kappa shape index (κ2) is 5.48. The number of nitrogens with zero attached hydrogens (tertiary/aromatic N) is 2. The minimum absolute atomic E-state index is 0.396. The molecule has 0 aliphatic heterocycles. The average molecular weight is 221 g/mol. The molecule has 2 atom stereocenters. The number of nitrogens with two attached hydrogens (primary N) is 1. The Labute approximate surface area is 98.0 Å². The first-order valence-electron chi connectivity index (χ1n) is 6.56. The van der Waals surface area contributed by atoms with Gasteiger partial charge in [0.15, 0.2) is 0 Å². The SMILES string of the molecule is CCn1cc(CC2CCCCCC2N)cn1. The van der Waals surface area contributed by atoms with Crippen LogP contribution in [0.3, 0.4) is 0 Å². The summed E-state index contributed by atoms with van der Waals surface area (Å²) >= 11 is 0. The number of hydrogen-bond acceptors (Lipinski definition) is 2. The van der Waals surface area contributed by atoms with Gasteiger partial charge in [0.1, 0.15) is 0 Å². The predicted octanol–water partition coefficient (Wildman–Crippen LogP) is 2.35. The van der Waals surface area contributed by atoms with Crippen LogP contribution in [0.15, 0.2) is 12.4 Å². The highest BCUT2D eigenvalue weighted by molar-refractivity contribution is 5.06. The normalized spacial score (nSPS) is 26.6. The summed E-state index contributed by atoms with van der Waals surface area (Å²) in [6, 6.07) is 0.396. The summed E-state index contributed by atoms with van der Waals surface area (Å²) in [5, 5.41) is 4.32. The van der Waals surface area contributed by atoms with Gasteiger partial charge in [0, 0.05) is 18.8 Å². The van der Waals surface area contributed by atoms with Crippen LogP contribution >= 0.6 is 0 Å². The van der Waals surface area contributed by atoms with Crippen LogP contribution < -0.4 is 5.73 Å². The Bertz CT molecular complexity index is 319. The van der Waals surface area contributed by atoms with E-state index in [-0.39, 0.29) is 0 Å². The van der Waals surface area contributed by atoms with Crippen molar-refractivity contribution in [1.82, 2.24) is 9.78 Å². The van der Waals surface area contributed by atoms with Gasteiger partial charge in [0.2, 0.25) is 0 Å². The summed E-state index contributed by atoms with van der Waals surface area (Å²) in [5.74, 6) is 0.664. The maximum absolute atomic E-state index is 6.24. The van der Waals surface area contributed by atoms with E-state index >= 15 is 0 Å². The van der Waals surface area contributed by atoms with Crippen LogP contribution in [0, 0.1) is 5.92 Å². The zero-order chi connectivity index (χ0) is 11.4. The van der Waals surface area contributed by atoms with Crippen molar-refractivity contribution in [3.63, 3.8) is 0 Å². The fraction of sp³-hybridized carbons (Fsp3) is 0.769. The quantitative estimate of drug-likeness (QED) is 0.796. The van der Waals surface area contributed by atoms with Gasteiger partial charge in [0.05, 0.1) is 6.20 Å². The summed E-state index contributed by atoms with van der Waals surface area (Å²) in [6.45, 7) is 3.07. The third-order valence-electron chi connectivity index (χ3n) is 3.73. The molecule has 0 radical (unpaired) electrons. The van der Waals surface area contributed by atoms with Gasteiger partial charge in [-0.1, -0.05) is 19.3 Å². The van der Waals surface area contributed by atoms with E-state index in [1.165, 1.54) is 37.7 Å². The van der Waals surface area contributed by atoms with Gasteiger partial charge in [-0.15, -0.1) is 0 Å². The van der Waals surface area contributed by atoms with Gasteiger partial charge < -0.3 is 5.73 Å². The Morgan fingerprint density at radius 3 is 2.94 bits per heavy atom. The van der Waals surface area contributed by atoms with Crippen molar-refractivity contribution in [3.05, 3.63) is 18.0 Å². The number of rotatable bonds is 3. The van der Waals surface area contributed by atoms with Crippen molar-refractivity contribution >= 4 is 0 Å². The van der Waals surface area contributed by atoms with E-state index in [9.17, 15) is 0 Å². The van der Waals surface area contributed by atoms with Crippen molar-refractivity contribution in [2.45, 2.75) is 58.0 Å². The smallest absolute Gasteiger partial charge is 0.0521 e. The highest BCUT2D eigenvalue weighted by atomic mass is 15.3. The first-order chi connectivity index (χ1) is 7.79. The molecule has 1 aromatic heterocycles. The second-order valence-corrected chi connectivity index (χ2v) is 4.97. The Balaban J connectivity index is 1.96. The molecule has 2 unspecified atom stereocenters. The number of hydrogen-bond donors (Lipinski definition) is 1. The Hall–Kier alpha value is -0.830. The van der Waals surface area contributed by atoms with E-state index in [0.717, 1.165) is 13.0 Å². The molecule has 2 N–H and O–H groups in total. The molecule has 3 heteroatoms. The highest BCUT2D eigenvalue weighted by Crippen LogP contribution is 2.25. The average Bonchev–Trinajstić information content (AvgIpc) is 2.65. The van der Waals surface area contributed by atoms with Crippen LogP contribution in [0.2, 0.25) is 0 Å². The van der Waals surface area contributed by atoms with E-state index in [0.29, 0.717) is 12.0 Å². The maximum Gasteiger partial charge on any atom is 0.0521 e. The summed E-state index contributed by atoms with van der Waals surface area (Å²) in [6.07, 6.45) is 11.8. The molecule has 2 rings (SSSR count). The highest BCUT2D eigenvalue weighted by Gasteiger charge is 2.20. The zero-order valence-electron chi connectivity index (χ0n) is 10.2. The fourth-order valence-electron chi connectivity index (χ4n) is 2.65. The van der Waals surface area contributed by atoms with Crippen molar-refractivity contribution < 1.29 is 0 Å². The molecule has 3 nitrogen and oxygen atoms in total. The molecular formula is C13H23N3. The van der Waals surface area contributed by atoms with Gasteiger partial charge in [-0.05, 0) is 37.7 Å². The van der Waals surface area contributed by atoms with Crippen LogP contribution in [0.25, 0.3) is 0 Å². The summed E-state index contributed by atoms with van der Waals surface area (Å²) in [4.78, 5) is 0. The fourth-order valence-corrected chi connectivity index (χ4v) is 2.65. The van der Waals surface area contributed by atoms with Crippen LogP contribution in [0.4, 0.5) is 0 Å². The molecule has 0 amide bonds. The number of aromatic nitrogens is 2. The molecule has 16 heavy (non-hydrogen) atoms. The minimum Gasteiger partial charge on any atom is -0.327 e. The lowest BCUT2D eigenvalue weighted by Crippen LogP contribution is -2.30. The first kappa shape index (κ1) is 11.6. The van der Waals surface area contributed by atoms with Crippen LogP contribution in [-0.4, -0.2) is 15.8 Å². The lowest BCUT2D eigenvalue weighted by atomic mass is 9.90. The second-order valence-electron chi connectivity index (χ2n) is 4.97. The zero-order valence-corrected chi connectivity index (χ0v) is 10.2. The van der Waals surface area contributed by atoms with Gasteiger partial charge >= 0.3 is 0 Å². The molecule has 90 valence electrons. The molecule has 0 aromatic carbocycles. The van der Waals surface area contributed by atoms with Crippen LogP contribution in [0.1, 0.15) is 44.6 Å². The first-order valence-corrected chi connectivity index (χ1v) is 6.56. The van der Waals surface area contributed by atoms with E-state index < -0.39 is 0 Å². The van der Waals surface area contributed by atoms with E-state index in [4.69, 9.17) is 5.73 Å². The van der Waals surface area contributed by atoms with Crippen molar-refractivity contribution in [2.24, 2.45) is 11.7 Å². The Morgan fingerprint density at radius 2 is 2.19 bits per heavy atom. The van der Waals surface area contributed by atoms with Crippen LogP contribution in [-0.2, 0) is 13.0 Å². The predicted molar refractivity (Wildman–Crippen MR) is 66.2 cm³/mol. The Morgan fingerprint density at radius 1 is 1.38 bits per heavy atom. The lowest BCUT2D eigenvalue weighted by molar-refractivity contribution is 0.395. The monoisotopic (exact) mass is 221 g/mol. The third kappa shape index (κ3) is 2.85. The van der Waals surface area contributed by atoms with E-state index in [2.05, 4.69) is 18.2 Å². The van der Waals surface area contributed by atoms with Gasteiger partial charge in [-0.3, -0.25) is 4.68 Å². The Kier molecular flexibility index (Phi) is 3.99. The van der Waals surface area contributed by atoms with E-state index in [1.54, 1.807) is 0 Å². The molecule has 0 spiro atoms. The molecular weight excluding hydrogens is 198 g/mol. The van der Waals surface area contributed by atoms with Gasteiger partial charge in [-0.25, -0.2) is 0 Å². The maximum atomic E-state index is 6.24. The molecule has 1 aliphatic carbocycles. The van der Waals surface area contributed by atoms with Crippen molar-refractivity contribution in [1.29, 1.82) is 0 Å². The largest absolute Gasteiger partial charge is 0.327 e. The molecule has 1 heterocycles. The lowest BCUT2D eigenvalue weighted by Gasteiger charge is -2.20. The van der Waals surface area contributed by atoms with Gasteiger partial charge in [0.25, 0.3) is 0 Å². The minimum atomic E-state index is 0.396. The molecule has 0 bridgehead atoms. The molecule has 0 saturated heterocycles. The van der Waals surface area contributed by atoms with Gasteiger partial charge in [-0.2, -0.15) is 5.10 Å². The third-order valence-corrected chi connectivity index (χ3v) is 3.73. The molecule has 1 aliphatic rings. The summed E-state index contributed by atoms with van der Waals surface area (Å²) in [5.41, 5.74) is 7.59.